The summed E-state index contributed by atoms with van der Waals surface area (Å²) in [6, 6.07) is 5.29. The van der Waals surface area contributed by atoms with E-state index in [9.17, 15) is 9.18 Å². The second kappa shape index (κ2) is 7.55. The smallest absolute Gasteiger partial charge is 0.238 e. The Morgan fingerprint density at radius 3 is 2.57 bits per heavy atom. The van der Waals surface area contributed by atoms with Crippen molar-refractivity contribution in [3.8, 4) is 0 Å². The normalized spacial score (nSPS) is 16.8. The van der Waals surface area contributed by atoms with E-state index in [1.165, 1.54) is 44.6 Å². The molecule has 1 saturated carbocycles. The molecule has 0 spiro atoms. The maximum Gasteiger partial charge on any atom is 0.238 e. The minimum atomic E-state index is -0.287. The van der Waals surface area contributed by atoms with Crippen LogP contribution in [-0.4, -0.2) is 30.4 Å². The summed E-state index contributed by atoms with van der Waals surface area (Å²) < 4.78 is 13.5. The lowest BCUT2D eigenvalue weighted by Gasteiger charge is -2.26. The molecule has 1 fully saturated rings. The van der Waals surface area contributed by atoms with Crippen molar-refractivity contribution in [2.75, 3.05) is 18.9 Å². The van der Waals surface area contributed by atoms with E-state index in [0.717, 1.165) is 0 Å². The summed E-state index contributed by atoms with van der Waals surface area (Å²) >= 11 is 0. The van der Waals surface area contributed by atoms with E-state index in [1.807, 2.05) is 7.05 Å². The van der Waals surface area contributed by atoms with Crippen LogP contribution in [0.3, 0.4) is 0 Å². The second-order valence-corrected chi connectivity index (χ2v) is 6.07. The molecule has 1 aromatic rings. The first-order valence-corrected chi connectivity index (χ1v) is 7.82. The number of benzene rings is 1. The first-order valence-electron chi connectivity index (χ1n) is 7.82. The van der Waals surface area contributed by atoms with Crippen molar-refractivity contribution in [1.82, 2.24) is 4.90 Å². The third-order valence-corrected chi connectivity index (χ3v) is 4.30. The number of carbonyl (C=O) groups is 1. The summed E-state index contributed by atoms with van der Waals surface area (Å²) in [7, 11) is 2.01. The number of nitrogens with zero attached hydrogens (tertiary/aromatic N) is 1. The van der Waals surface area contributed by atoms with Crippen molar-refractivity contribution in [2.45, 2.75) is 51.5 Å². The lowest BCUT2D eigenvalue weighted by atomic mass is 10.1. The first-order chi connectivity index (χ1) is 10.1. The Morgan fingerprint density at radius 2 is 1.95 bits per heavy atom. The van der Waals surface area contributed by atoms with Crippen LogP contribution < -0.4 is 5.32 Å². The van der Waals surface area contributed by atoms with Crippen LogP contribution in [0.4, 0.5) is 10.1 Å². The largest absolute Gasteiger partial charge is 0.325 e. The van der Waals surface area contributed by atoms with Gasteiger partial charge < -0.3 is 5.32 Å². The van der Waals surface area contributed by atoms with Gasteiger partial charge in [0.2, 0.25) is 5.91 Å². The van der Waals surface area contributed by atoms with Crippen LogP contribution in [0.2, 0.25) is 0 Å². The van der Waals surface area contributed by atoms with Crippen molar-refractivity contribution < 1.29 is 9.18 Å². The van der Waals surface area contributed by atoms with Gasteiger partial charge in [0.15, 0.2) is 0 Å². The molecule has 1 aliphatic rings. The van der Waals surface area contributed by atoms with E-state index in [4.69, 9.17) is 0 Å². The average Bonchev–Trinajstić information content (AvgIpc) is 2.72. The molecule has 0 aromatic heterocycles. The minimum absolute atomic E-state index is 0.0787. The van der Waals surface area contributed by atoms with Crippen molar-refractivity contribution in [1.29, 1.82) is 0 Å². The minimum Gasteiger partial charge on any atom is -0.325 e. The highest BCUT2D eigenvalue weighted by atomic mass is 19.1. The molecule has 1 aromatic carbocycles. The number of hydrogen-bond donors (Lipinski definition) is 1. The van der Waals surface area contributed by atoms with Crippen LogP contribution in [0.15, 0.2) is 18.2 Å². The van der Waals surface area contributed by atoms with Crippen LogP contribution >= 0.6 is 0 Å². The predicted molar refractivity (Wildman–Crippen MR) is 83.9 cm³/mol. The lowest BCUT2D eigenvalue weighted by Crippen LogP contribution is -2.37. The lowest BCUT2D eigenvalue weighted by molar-refractivity contribution is -0.117. The fraction of sp³-hybridized carbons (Fsp3) is 0.588. The zero-order chi connectivity index (χ0) is 15.2. The van der Waals surface area contributed by atoms with E-state index in [1.54, 1.807) is 19.1 Å². The molecule has 1 N–H and O–H groups in total. The number of halogens is 1. The Labute approximate surface area is 126 Å². The first kappa shape index (κ1) is 16.0. The number of nitrogens with one attached hydrogen (secondary N) is 1. The van der Waals surface area contributed by atoms with Gasteiger partial charge in [-0.2, -0.15) is 0 Å². The van der Waals surface area contributed by atoms with Crippen molar-refractivity contribution in [2.24, 2.45) is 0 Å². The van der Waals surface area contributed by atoms with Gasteiger partial charge in [-0.15, -0.1) is 0 Å². The summed E-state index contributed by atoms with van der Waals surface area (Å²) in [4.78, 5) is 14.2. The van der Waals surface area contributed by atoms with Gasteiger partial charge in [0, 0.05) is 11.7 Å². The topological polar surface area (TPSA) is 32.3 Å². The van der Waals surface area contributed by atoms with Crippen LogP contribution in [-0.2, 0) is 4.79 Å². The molecular weight excluding hydrogens is 267 g/mol. The Hall–Kier alpha value is -1.42. The van der Waals surface area contributed by atoms with Gasteiger partial charge in [-0.1, -0.05) is 31.7 Å². The van der Waals surface area contributed by atoms with E-state index < -0.39 is 0 Å². The van der Waals surface area contributed by atoms with E-state index in [-0.39, 0.29) is 11.7 Å². The van der Waals surface area contributed by atoms with E-state index in [2.05, 4.69) is 10.2 Å². The highest BCUT2D eigenvalue weighted by Crippen LogP contribution is 2.21. The van der Waals surface area contributed by atoms with Gasteiger partial charge in [0.05, 0.1) is 6.54 Å². The Morgan fingerprint density at radius 1 is 1.29 bits per heavy atom. The van der Waals surface area contributed by atoms with Gasteiger partial charge >= 0.3 is 0 Å². The fourth-order valence-electron chi connectivity index (χ4n) is 2.93. The van der Waals surface area contributed by atoms with Crippen LogP contribution in [0.1, 0.15) is 44.1 Å². The molecule has 0 radical (unpaired) electrons. The quantitative estimate of drug-likeness (QED) is 0.858. The van der Waals surface area contributed by atoms with Crippen LogP contribution in [0.25, 0.3) is 0 Å². The second-order valence-electron chi connectivity index (χ2n) is 6.07. The number of likely N-dealkylation sites (N-methyl/N-ethyl adjacent to an activating group) is 1. The summed E-state index contributed by atoms with van der Waals surface area (Å²) in [6.45, 7) is 2.07. The number of aryl methyl sites for hydroxylation is 1. The molecule has 1 amide bonds. The Bertz CT molecular complexity index is 482. The third kappa shape index (κ3) is 4.81. The van der Waals surface area contributed by atoms with Crippen molar-refractivity contribution in [3.05, 3.63) is 29.6 Å². The fourth-order valence-corrected chi connectivity index (χ4v) is 2.93. The number of rotatable bonds is 4. The highest BCUT2D eigenvalue weighted by Gasteiger charge is 2.19. The zero-order valence-corrected chi connectivity index (χ0v) is 13.0. The summed E-state index contributed by atoms with van der Waals surface area (Å²) in [5, 5.41) is 2.77. The number of hydrogen-bond acceptors (Lipinski definition) is 2. The molecular formula is C17H25FN2O. The zero-order valence-electron chi connectivity index (χ0n) is 13.0. The molecule has 0 bridgehead atoms. The van der Waals surface area contributed by atoms with Crippen molar-refractivity contribution in [3.63, 3.8) is 0 Å². The Kier molecular flexibility index (Phi) is 5.74. The van der Waals surface area contributed by atoms with E-state index in [0.29, 0.717) is 23.8 Å². The molecule has 0 heterocycles. The molecule has 2 rings (SSSR count). The summed E-state index contributed by atoms with van der Waals surface area (Å²) in [5.41, 5.74) is 1.11. The molecule has 116 valence electrons. The number of carbonyl (C=O) groups excluding carboxylic acids is 1. The SMILES string of the molecule is Cc1ccc(NC(=O)CN(C)C2CCCCCC2)cc1F. The van der Waals surface area contributed by atoms with Gasteiger partial charge in [-0.05, 0) is 44.5 Å². The van der Waals surface area contributed by atoms with Gasteiger partial charge in [0.1, 0.15) is 5.82 Å². The van der Waals surface area contributed by atoms with Gasteiger partial charge in [-0.25, -0.2) is 4.39 Å². The molecule has 0 unspecified atom stereocenters. The van der Waals surface area contributed by atoms with E-state index >= 15 is 0 Å². The average molecular weight is 292 g/mol. The molecule has 1 aliphatic carbocycles. The summed E-state index contributed by atoms with van der Waals surface area (Å²) in [5.74, 6) is -0.366. The predicted octanol–water partition coefficient (Wildman–Crippen LogP) is 3.73. The highest BCUT2D eigenvalue weighted by molar-refractivity contribution is 5.92. The summed E-state index contributed by atoms with van der Waals surface area (Å²) in [6.07, 6.45) is 7.45. The maximum atomic E-state index is 13.5. The molecule has 21 heavy (non-hydrogen) atoms. The number of anilines is 1. The van der Waals surface area contributed by atoms with Crippen LogP contribution in [0, 0.1) is 12.7 Å². The maximum absolute atomic E-state index is 13.5. The molecule has 0 atom stereocenters. The van der Waals surface area contributed by atoms with Gasteiger partial charge in [0.25, 0.3) is 0 Å². The van der Waals surface area contributed by atoms with Crippen molar-refractivity contribution >= 4 is 11.6 Å². The Balaban J connectivity index is 1.86. The molecule has 4 heteroatoms. The molecule has 0 aliphatic heterocycles. The standard InChI is InChI=1S/C17H25FN2O/c1-13-9-10-14(11-16(13)18)19-17(21)12-20(2)15-7-5-3-4-6-8-15/h9-11,15H,3-8,12H2,1-2H3,(H,19,21). The van der Waals surface area contributed by atoms with Gasteiger partial charge in [-0.3, -0.25) is 9.69 Å². The molecule has 3 nitrogen and oxygen atoms in total. The number of amides is 1. The third-order valence-electron chi connectivity index (χ3n) is 4.30. The monoisotopic (exact) mass is 292 g/mol. The molecule has 0 saturated heterocycles. The van der Waals surface area contributed by atoms with Crippen LogP contribution in [0.5, 0.6) is 0 Å².